The Morgan fingerprint density at radius 3 is 1.46 bits per heavy atom. The van der Waals surface area contributed by atoms with E-state index in [-0.39, 0.29) is 36.2 Å². The molecule has 0 saturated heterocycles. The Bertz CT molecular complexity index is 399. The second kappa shape index (κ2) is 19.1. The average Bonchev–Trinajstić information content (AvgIpc) is 2.44. The third-order valence-corrected chi connectivity index (χ3v) is 3.36. The molecule has 8 nitrogen and oxygen atoms in total. The fourth-order valence-corrected chi connectivity index (χ4v) is 2.07. The Balaban J connectivity index is -0.000000538. The van der Waals surface area contributed by atoms with E-state index >= 15 is 0 Å². The molecule has 0 aromatic carbocycles. The molecular weight excluding hydrogens is 351 g/mol. The summed E-state index contributed by atoms with van der Waals surface area (Å²) in [5.74, 6) is -3.65. The van der Waals surface area contributed by atoms with Gasteiger partial charge >= 0.3 is 41.5 Å². The summed E-state index contributed by atoms with van der Waals surface area (Å²) < 4.78 is 34.5. The zero-order valence-electron chi connectivity index (χ0n) is 14.5. The molecule has 0 aliphatic carbocycles. The number of hydrogen-bond donors (Lipinski definition) is 2. The minimum absolute atomic E-state index is 0. The van der Waals surface area contributed by atoms with Crippen molar-refractivity contribution in [2.45, 2.75) is 71.1 Å². The smallest absolute Gasteiger partial charge is 0.726 e. The summed E-state index contributed by atoms with van der Waals surface area (Å²) >= 11 is 0. The molecule has 0 aliphatic rings. The van der Waals surface area contributed by atoms with E-state index in [1.54, 1.807) is 0 Å². The monoisotopic (exact) mass is 378 g/mol. The van der Waals surface area contributed by atoms with E-state index in [9.17, 15) is 13.0 Å². The van der Waals surface area contributed by atoms with Crippen LogP contribution in [0.15, 0.2) is 0 Å². The second-order valence-corrected chi connectivity index (χ2v) is 6.07. The zero-order chi connectivity index (χ0) is 18.1. The Morgan fingerprint density at radius 2 is 1.17 bits per heavy atom. The first kappa shape index (κ1) is 28.6. The number of hydrogen-bond acceptors (Lipinski definition) is 6. The molecular formula is C14H27NaO8S. The van der Waals surface area contributed by atoms with Crippen LogP contribution in [0, 0.1) is 0 Å². The van der Waals surface area contributed by atoms with Gasteiger partial charge < -0.3 is 14.8 Å². The van der Waals surface area contributed by atoms with Crippen molar-refractivity contribution < 1.29 is 66.5 Å². The third kappa shape index (κ3) is 29.8. The largest absolute Gasteiger partial charge is 1.00 e. The van der Waals surface area contributed by atoms with Crippen LogP contribution < -0.4 is 29.6 Å². The molecule has 0 aliphatic heterocycles. The molecule has 0 rings (SSSR count). The summed E-state index contributed by atoms with van der Waals surface area (Å²) in [4.78, 5) is 18.2. The van der Waals surface area contributed by atoms with Gasteiger partial charge in [0.05, 0.1) is 6.61 Å². The standard InChI is InChI=1S/C12H26O4S.C2H2O4.Na/c1-2-3-4-5-6-7-8-9-10-11-12-16-17(13,14)15;3-1(4)2(5)6;/h2-12H2,1H3,(H,13,14,15);(H,3,4)(H,5,6);/q;;+1/p-1. The Hall–Kier alpha value is -0.190. The maximum Gasteiger partial charge on any atom is 1.00 e. The van der Waals surface area contributed by atoms with Gasteiger partial charge in [0.1, 0.15) is 0 Å². The molecule has 0 aromatic rings. The molecule has 0 aromatic heterocycles. The van der Waals surface area contributed by atoms with Gasteiger partial charge in [0.2, 0.25) is 10.4 Å². The number of unbranched alkanes of at least 4 members (excludes halogenated alkanes) is 9. The van der Waals surface area contributed by atoms with Crippen molar-refractivity contribution in [1.29, 1.82) is 0 Å². The van der Waals surface area contributed by atoms with Crippen molar-refractivity contribution in [3.63, 3.8) is 0 Å². The fraction of sp³-hybridized carbons (Fsp3) is 0.857. The Labute approximate surface area is 166 Å². The first-order valence-electron chi connectivity index (χ1n) is 7.77. The summed E-state index contributed by atoms with van der Waals surface area (Å²) in [6, 6.07) is 0. The maximum absolute atomic E-state index is 10.1. The Kier molecular flexibility index (Phi) is 22.8. The molecule has 0 saturated carbocycles. The minimum Gasteiger partial charge on any atom is -0.726 e. The quantitative estimate of drug-likeness (QED) is 0.153. The number of aliphatic carboxylic acids is 2. The van der Waals surface area contributed by atoms with Crippen molar-refractivity contribution in [3.05, 3.63) is 0 Å². The van der Waals surface area contributed by atoms with Crippen LogP contribution in [0.4, 0.5) is 0 Å². The van der Waals surface area contributed by atoms with Crippen LogP contribution in [0.1, 0.15) is 71.1 Å². The predicted molar refractivity (Wildman–Crippen MR) is 82.8 cm³/mol. The van der Waals surface area contributed by atoms with Gasteiger partial charge in [-0.3, -0.25) is 4.18 Å². The molecule has 0 amide bonds. The second-order valence-electron chi connectivity index (χ2n) is 5.02. The van der Waals surface area contributed by atoms with Crippen molar-refractivity contribution >= 4 is 22.3 Å². The molecule has 0 unspecified atom stereocenters. The molecule has 0 heterocycles. The molecule has 0 bridgehead atoms. The summed E-state index contributed by atoms with van der Waals surface area (Å²) in [6.45, 7) is 2.24. The van der Waals surface area contributed by atoms with Crippen LogP contribution in [0.25, 0.3) is 0 Å². The molecule has 24 heavy (non-hydrogen) atoms. The van der Waals surface area contributed by atoms with Crippen LogP contribution in [0.3, 0.4) is 0 Å². The van der Waals surface area contributed by atoms with Gasteiger partial charge in [0.15, 0.2) is 0 Å². The average molecular weight is 378 g/mol. The van der Waals surface area contributed by atoms with Crippen LogP contribution >= 0.6 is 0 Å². The first-order valence-corrected chi connectivity index (χ1v) is 9.10. The van der Waals surface area contributed by atoms with Crippen molar-refractivity contribution in [1.82, 2.24) is 0 Å². The normalized spacial score (nSPS) is 10.2. The van der Waals surface area contributed by atoms with E-state index in [1.165, 1.54) is 44.9 Å². The molecule has 2 N–H and O–H groups in total. The summed E-state index contributed by atoms with van der Waals surface area (Å²) in [7, 11) is -4.48. The van der Waals surface area contributed by atoms with E-state index in [2.05, 4.69) is 11.1 Å². The van der Waals surface area contributed by atoms with E-state index < -0.39 is 22.3 Å². The number of carbonyl (C=O) groups is 2. The summed E-state index contributed by atoms with van der Waals surface area (Å²) in [5, 5.41) is 14.8. The number of carboxylic acids is 2. The van der Waals surface area contributed by atoms with Crippen molar-refractivity contribution in [3.8, 4) is 0 Å². The van der Waals surface area contributed by atoms with E-state index in [4.69, 9.17) is 19.8 Å². The van der Waals surface area contributed by atoms with Gasteiger partial charge in [-0.1, -0.05) is 64.7 Å². The predicted octanol–water partition coefficient (Wildman–Crippen LogP) is -0.456. The third-order valence-electron chi connectivity index (χ3n) is 2.91. The molecule has 0 spiro atoms. The maximum atomic E-state index is 10.1. The Morgan fingerprint density at radius 1 is 0.833 bits per heavy atom. The van der Waals surface area contributed by atoms with E-state index in [1.807, 2.05) is 0 Å². The van der Waals surface area contributed by atoms with Gasteiger partial charge in [-0.25, -0.2) is 18.0 Å². The number of carboxylic acid groups (broad SMARTS) is 2. The first-order chi connectivity index (χ1) is 10.7. The van der Waals surface area contributed by atoms with Crippen LogP contribution in [0.5, 0.6) is 0 Å². The van der Waals surface area contributed by atoms with Crippen LogP contribution in [-0.4, -0.2) is 41.7 Å². The summed E-state index contributed by atoms with van der Waals surface area (Å²) in [6.07, 6.45) is 11.7. The molecule has 0 radical (unpaired) electrons. The van der Waals surface area contributed by atoms with Crippen molar-refractivity contribution in [2.24, 2.45) is 0 Å². The van der Waals surface area contributed by atoms with Crippen molar-refractivity contribution in [2.75, 3.05) is 6.61 Å². The van der Waals surface area contributed by atoms with Gasteiger partial charge in [-0.15, -0.1) is 0 Å². The van der Waals surface area contributed by atoms with Gasteiger partial charge in [-0.2, -0.15) is 0 Å². The van der Waals surface area contributed by atoms with E-state index in [0.29, 0.717) is 6.42 Å². The van der Waals surface area contributed by atoms with Gasteiger partial charge in [0.25, 0.3) is 0 Å². The van der Waals surface area contributed by atoms with Gasteiger partial charge in [-0.05, 0) is 6.42 Å². The summed E-state index contributed by atoms with van der Waals surface area (Å²) in [5.41, 5.74) is 0. The van der Waals surface area contributed by atoms with E-state index in [0.717, 1.165) is 12.8 Å². The fourth-order valence-electron chi connectivity index (χ4n) is 1.75. The minimum atomic E-state index is -4.48. The topological polar surface area (TPSA) is 141 Å². The molecule has 138 valence electrons. The molecule has 0 fully saturated rings. The van der Waals surface area contributed by atoms with Crippen LogP contribution in [-0.2, 0) is 24.2 Å². The van der Waals surface area contributed by atoms with Gasteiger partial charge in [0, 0.05) is 0 Å². The number of rotatable bonds is 12. The zero-order valence-corrected chi connectivity index (χ0v) is 17.3. The van der Waals surface area contributed by atoms with Crippen LogP contribution in [0.2, 0.25) is 0 Å². The molecule has 10 heteroatoms. The molecule has 0 atom stereocenters. The SMILES string of the molecule is CCCCCCCCCCCCOS(=O)(=O)[O-].O=C(O)C(=O)O.[Na+].